The third-order valence-corrected chi connectivity index (χ3v) is 8.35. The molecular weight excluding hydrogens is 396 g/mol. The summed E-state index contributed by atoms with van der Waals surface area (Å²) in [5.74, 6) is 1.21. The van der Waals surface area contributed by atoms with Gasteiger partial charge in [-0.25, -0.2) is 13.1 Å². The van der Waals surface area contributed by atoms with Crippen molar-refractivity contribution in [3.05, 3.63) is 47.3 Å². The van der Waals surface area contributed by atoms with Gasteiger partial charge in [0.2, 0.25) is 15.9 Å². The fraction of sp³-hybridized carbons (Fsp3) is 0.450. The number of carbonyl (C=O) groups excluding carboxylic acids is 1. The van der Waals surface area contributed by atoms with Crippen LogP contribution in [0.15, 0.2) is 46.0 Å². The fourth-order valence-corrected chi connectivity index (χ4v) is 6.55. The van der Waals surface area contributed by atoms with Crippen LogP contribution in [0.3, 0.4) is 0 Å². The second-order valence-corrected chi connectivity index (χ2v) is 10.3. The number of ether oxygens (including phenoxy) is 1. The van der Waals surface area contributed by atoms with Gasteiger partial charge in [0.15, 0.2) is 0 Å². The highest BCUT2D eigenvalue weighted by atomic mass is 32.2. The van der Waals surface area contributed by atoms with Crippen LogP contribution in [0.4, 0.5) is 0 Å². The van der Waals surface area contributed by atoms with Crippen molar-refractivity contribution in [1.29, 1.82) is 0 Å². The van der Waals surface area contributed by atoms with Crippen LogP contribution in [-0.2, 0) is 21.2 Å². The quantitative estimate of drug-likeness (QED) is 0.747. The second-order valence-electron chi connectivity index (χ2n) is 7.36. The third-order valence-electron chi connectivity index (χ3n) is 5.46. The van der Waals surface area contributed by atoms with Crippen LogP contribution in [0.5, 0.6) is 5.75 Å². The molecule has 8 heteroatoms. The van der Waals surface area contributed by atoms with Crippen LogP contribution >= 0.6 is 11.3 Å². The maximum Gasteiger partial charge on any atom is 0.250 e. The molecule has 1 aromatic heterocycles. The van der Waals surface area contributed by atoms with E-state index in [1.54, 1.807) is 17.5 Å². The van der Waals surface area contributed by atoms with Crippen molar-refractivity contribution >= 4 is 27.3 Å². The van der Waals surface area contributed by atoms with E-state index in [1.807, 2.05) is 36.1 Å². The summed E-state index contributed by atoms with van der Waals surface area (Å²) in [7, 11) is -3.52. The maximum absolute atomic E-state index is 12.9. The number of sulfonamides is 1. The highest BCUT2D eigenvalue weighted by Crippen LogP contribution is 2.39. The summed E-state index contributed by atoms with van der Waals surface area (Å²) >= 11 is 1.21. The van der Waals surface area contributed by atoms with Gasteiger partial charge in [0.25, 0.3) is 0 Å². The maximum atomic E-state index is 12.9. The smallest absolute Gasteiger partial charge is 0.250 e. The van der Waals surface area contributed by atoms with Gasteiger partial charge in [0.1, 0.15) is 9.96 Å². The first kappa shape index (κ1) is 19.4. The molecule has 1 N–H and O–H groups in total. The molecule has 3 atom stereocenters. The average Bonchev–Trinajstić information content (AvgIpc) is 3.40. The molecule has 0 unspecified atom stereocenters. The molecule has 1 aromatic carbocycles. The SMILES string of the molecule is CCOc1ccc(CC(=O)N2C[C@@H]3C[C@H](NS(=O)(=O)c4cccs4)[C@H]2C3)cc1. The number of thiophene rings is 1. The second kappa shape index (κ2) is 7.85. The molecule has 0 spiro atoms. The minimum Gasteiger partial charge on any atom is -0.494 e. The predicted octanol–water partition coefficient (Wildman–Crippen LogP) is 2.66. The highest BCUT2D eigenvalue weighted by molar-refractivity contribution is 7.91. The van der Waals surface area contributed by atoms with Crippen molar-refractivity contribution < 1.29 is 17.9 Å². The largest absolute Gasteiger partial charge is 0.494 e. The normalized spacial score (nSPS) is 23.9. The number of nitrogens with zero attached hydrogens (tertiary/aromatic N) is 1. The summed E-state index contributed by atoms with van der Waals surface area (Å²) < 4.78 is 33.7. The predicted molar refractivity (Wildman–Crippen MR) is 108 cm³/mol. The Labute approximate surface area is 169 Å². The standard InChI is InChI=1S/C20H24N2O4S2/c1-2-26-16-7-5-14(6-8-16)12-19(23)22-13-15-10-17(18(22)11-15)21-28(24,25)20-4-3-9-27-20/h3-9,15,17-18,21H,2,10-13H2,1H3/t15-,17+,18-/m1/s1. The first-order valence-corrected chi connectivity index (χ1v) is 11.9. The third kappa shape index (κ3) is 3.94. The molecule has 1 saturated heterocycles. The van der Waals surface area contributed by atoms with Gasteiger partial charge in [0.05, 0.1) is 13.0 Å². The van der Waals surface area contributed by atoms with Gasteiger partial charge in [0, 0.05) is 18.6 Å². The van der Waals surface area contributed by atoms with Gasteiger partial charge in [-0.3, -0.25) is 4.79 Å². The molecule has 1 saturated carbocycles. The van der Waals surface area contributed by atoms with E-state index in [1.165, 1.54) is 11.3 Å². The molecule has 2 aromatic rings. The lowest BCUT2D eigenvalue weighted by Gasteiger charge is -2.33. The molecule has 1 aliphatic heterocycles. The van der Waals surface area contributed by atoms with Gasteiger partial charge in [-0.2, -0.15) is 0 Å². The van der Waals surface area contributed by atoms with E-state index < -0.39 is 10.0 Å². The van der Waals surface area contributed by atoms with Crippen LogP contribution < -0.4 is 9.46 Å². The summed E-state index contributed by atoms with van der Waals surface area (Å²) in [5.41, 5.74) is 0.937. The minimum absolute atomic E-state index is 0.0525. The molecule has 2 fully saturated rings. The Morgan fingerprint density at radius 3 is 2.68 bits per heavy atom. The minimum atomic E-state index is -3.52. The lowest BCUT2D eigenvalue weighted by molar-refractivity contribution is -0.132. The Balaban J connectivity index is 1.41. The van der Waals surface area contributed by atoms with E-state index in [4.69, 9.17) is 4.74 Å². The van der Waals surface area contributed by atoms with Crippen LogP contribution in [0, 0.1) is 5.92 Å². The molecule has 4 rings (SSSR count). The highest BCUT2D eigenvalue weighted by Gasteiger charge is 2.48. The zero-order valence-electron chi connectivity index (χ0n) is 15.7. The van der Waals surface area contributed by atoms with Crippen molar-refractivity contribution in [1.82, 2.24) is 9.62 Å². The number of piperidine rings is 1. The number of hydrogen-bond donors (Lipinski definition) is 1. The van der Waals surface area contributed by atoms with Crippen LogP contribution in [0.25, 0.3) is 0 Å². The van der Waals surface area contributed by atoms with Crippen LogP contribution in [0.2, 0.25) is 0 Å². The monoisotopic (exact) mass is 420 g/mol. The van der Waals surface area contributed by atoms with Crippen molar-refractivity contribution in [2.45, 2.75) is 42.5 Å². The number of hydrogen-bond acceptors (Lipinski definition) is 5. The topological polar surface area (TPSA) is 75.7 Å². The molecular formula is C20H24N2O4S2. The van der Waals surface area contributed by atoms with E-state index in [0.29, 0.717) is 23.2 Å². The molecule has 2 heterocycles. The number of carbonyl (C=O) groups is 1. The molecule has 28 heavy (non-hydrogen) atoms. The Morgan fingerprint density at radius 2 is 2.04 bits per heavy atom. The number of amides is 1. The summed E-state index contributed by atoms with van der Waals surface area (Å²) in [6.45, 7) is 3.26. The van der Waals surface area contributed by atoms with E-state index in [2.05, 4.69) is 4.72 Å². The lowest BCUT2D eigenvalue weighted by Crippen LogP contribution is -2.52. The Kier molecular flexibility index (Phi) is 5.44. The summed E-state index contributed by atoms with van der Waals surface area (Å²) in [5, 5.41) is 1.75. The summed E-state index contributed by atoms with van der Waals surface area (Å²) in [6, 6.07) is 10.6. The number of benzene rings is 1. The van der Waals surface area contributed by atoms with Crippen LogP contribution in [-0.4, -0.2) is 44.5 Å². The number of rotatable bonds is 7. The van der Waals surface area contributed by atoms with Gasteiger partial charge >= 0.3 is 0 Å². The zero-order chi connectivity index (χ0) is 19.7. The van der Waals surface area contributed by atoms with Crippen molar-refractivity contribution in [3.63, 3.8) is 0 Å². The molecule has 1 amide bonds. The van der Waals surface area contributed by atoms with Gasteiger partial charge in [-0.05, 0) is 54.8 Å². The first-order chi connectivity index (χ1) is 13.5. The van der Waals surface area contributed by atoms with E-state index in [0.717, 1.165) is 30.7 Å². The number of likely N-dealkylation sites (tertiary alicyclic amines) is 1. The lowest BCUT2D eigenvalue weighted by atomic mass is 10.0. The molecule has 6 nitrogen and oxygen atoms in total. The summed E-state index contributed by atoms with van der Waals surface area (Å²) in [4.78, 5) is 14.7. The first-order valence-electron chi connectivity index (χ1n) is 9.53. The fourth-order valence-electron chi connectivity index (χ4n) is 4.26. The van der Waals surface area contributed by atoms with E-state index in [9.17, 15) is 13.2 Å². The Hall–Kier alpha value is -1.90. The number of fused-ring (bicyclic) bond motifs is 2. The molecule has 2 aliphatic rings. The van der Waals surface area contributed by atoms with Gasteiger partial charge < -0.3 is 9.64 Å². The Morgan fingerprint density at radius 1 is 1.25 bits per heavy atom. The van der Waals surface area contributed by atoms with Crippen LogP contribution in [0.1, 0.15) is 25.3 Å². The van der Waals surface area contributed by atoms with Crippen molar-refractivity contribution in [2.75, 3.05) is 13.2 Å². The van der Waals surface area contributed by atoms with E-state index in [-0.39, 0.29) is 18.0 Å². The zero-order valence-corrected chi connectivity index (χ0v) is 17.3. The summed E-state index contributed by atoms with van der Waals surface area (Å²) in [6.07, 6.45) is 1.98. The van der Waals surface area contributed by atoms with Crippen molar-refractivity contribution in [2.24, 2.45) is 5.92 Å². The molecule has 1 aliphatic carbocycles. The van der Waals surface area contributed by atoms with E-state index >= 15 is 0 Å². The number of nitrogens with one attached hydrogen (secondary N) is 1. The van der Waals surface area contributed by atoms with Crippen molar-refractivity contribution in [3.8, 4) is 5.75 Å². The Bertz CT molecular complexity index is 926. The molecule has 0 radical (unpaired) electrons. The molecule has 150 valence electrons. The average molecular weight is 421 g/mol. The van der Waals surface area contributed by atoms with Gasteiger partial charge in [-0.1, -0.05) is 18.2 Å². The molecule has 2 bridgehead atoms. The van der Waals surface area contributed by atoms with Gasteiger partial charge in [-0.15, -0.1) is 11.3 Å².